The topological polar surface area (TPSA) is 72.5 Å². The zero-order valence-electron chi connectivity index (χ0n) is 11.0. The lowest BCUT2D eigenvalue weighted by Crippen LogP contribution is -2.41. The van der Waals surface area contributed by atoms with Crippen molar-refractivity contribution in [2.45, 2.75) is 17.8 Å². The van der Waals surface area contributed by atoms with E-state index in [4.69, 9.17) is 16.3 Å². The molecule has 0 unspecified atom stereocenters. The predicted octanol–water partition coefficient (Wildman–Crippen LogP) is 0.758. The number of hydrogen-bond acceptors (Lipinski definition) is 4. The van der Waals surface area contributed by atoms with Gasteiger partial charge in [0.05, 0.1) is 36.5 Å². The minimum Gasteiger partial charge on any atom is -0.497 e. The van der Waals surface area contributed by atoms with Crippen molar-refractivity contribution in [1.82, 2.24) is 5.32 Å². The van der Waals surface area contributed by atoms with Gasteiger partial charge in [0.2, 0.25) is 5.91 Å². The summed E-state index contributed by atoms with van der Waals surface area (Å²) < 4.78 is 27.9. The summed E-state index contributed by atoms with van der Waals surface area (Å²) in [5, 5.41) is 2.12. The van der Waals surface area contributed by atoms with Crippen LogP contribution in [0.5, 0.6) is 5.75 Å². The summed E-state index contributed by atoms with van der Waals surface area (Å²) in [6, 6.07) is 6.62. The van der Waals surface area contributed by atoms with Gasteiger partial charge < -0.3 is 10.1 Å². The van der Waals surface area contributed by atoms with Crippen LogP contribution in [0, 0.1) is 0 Å². The number of sulfone groups is 1. The molecule has 0 aliphatic carbocycles. The van der Waals surface area contributed by atoms with Crippen molar-refractivity contribution >= 4 is 27.3 Å². The standard InChI is InChI=1S/C13H16ClNO4S/c1-19-10-4-2-9(3-5-10)6-13(16)15-12-8-20(17,18)7-11(12)14/h2-5,11-12H,6-8H2,1H3,(H,15,16)/t11-,12-/m0/s1. The first-order valence-electron chi connectivity index (χ1n) is 6.16. The van der Waals surface area contributed by atoms with Crippen molar-refractivity contribution in [3.8, 4) is 5.75 Å². The molecule has 0 spiro atoms. The molecule has 1 heterocycles. The Morgan fingerprint density at radius 3 is 2.50 bits per heavy atom. The van der Waals surface area contributed by atoms with Crippen LogP contribution in [0.25, 0.3) is 0 Å². The second kappa shape index (κ2) is 6.01. The first kappa shape index (κ1) is 15.1. The van der Waals surface area contributed by atoms with Crippen LogP contribution in [0.1, 0.15) is 5.56 Å². The lowest BCUT2D eigenvalue weighted by atomic mass is 10.1. The molecule has 110 valence electrons. The highest BCUT2D eigenvalue weighted by molar-refractivity contribution is 7.91. The number of ether oxygens (including phenoxy) is 1. The maximum atomic E-state index is 11.9. The number of carbonyl (C=O) groups excluding carboxylic acids is 1. The van der Waals surface area contributed by atoms with Gasteiger partial charge in [-0.3, -0.25) is 4.79 Å². The van der Waals surface area contributed by atoms with Gasteiger partial charge in [-0.25, -0.2) is 8.42 Å². The quantitative estimate of drug-likeness (QED) is 0.832. The van der Waals surface area contributed by atoms with Crippen LogP contribution >= 0.6 is 11.6 Å². The SMILES string of the molecule is COc1ccc(CC(=O)N[C@H]2CS(=O)(=O)C[C@@H]2Cl)cc1. The van der Waals surface area contributed by atoms with Crippen molar-refractivity contribution in [3.63, 3.8) is 0 Å². The van der Waals surface area contributed by atoms with E-state index in [-0.39, 0.29) is 23.8 Å². The first-order valence-corrected chi connectivity index (χ1v) is 8.42. The molecule has 0 aromatic heterocycles. The van der Waals surface area contributed by atoms with Gasteiger partial charge in [0, 0.05) is 0 Å². The van der Waals surface area contributed by atoms with E-state index in [0.29, 0.717) is 0 Å². The van der Waals surface area contributed by atoms with E-state index in [9.17, 15) is 13.2 Å². The maximum absolute atomic E-state index is 11.9. The van der Waals surface area contributed by atoms with Gasteiger partial charge in [-0.05, 0) is 17.7 Å². The third kappa shape index (κ3) is 3.86. The third-order valence-corrected chi connectivity index (χ3v) is 5.53. The van der Waals surface area contributed by atoms with Gasteiger partial charge in [-0.15, -0.1) is 11.6 Å². The second-order valence-corrected chi connectivity index (χ2v) is 7.51. The fourth-order valence-electron chi connectivity index (χ4n) is 2.12. The molecule has 0 radical (unpaired) electrons. The van der Waals surface area contributed by atoms with E-state index >= 15 is 0 Å². The summed E-state index contributed by atoms with van der Waals surface area (Å²) in [6.07, 6.45) is 0.185. The van der Waals surface area contributed by atoms with Crippen LogP contribution in [0.2, 0.25) is 0 Å². The average molecular weight is 318 g/mol. The monoisotopic (exact) mass is 317 g/mol. The molecule has 2 rings (SSSR count). The largest absolute Gasteiger partial charge is 0.497 e. The van der Waals surface area contributed by atoms with Crippen LogP contribution in [0.4, 0.5) is 0 Å². The molecule has 2 atom stereocenters. The number of nitrogens with one attached hydrogen (secondary N) is 1. The number of hydrogen-bond donors (Lipinski definition) is 1. The molecule has 1 amide bonds. The normalized spacial score (nSPS) is 24.3. The van der Waals surface area contributed by atoms with Crippen molar-refractivity contribution in [1.29, 1.82) is 0 Å². The summed E-state index contributed by atoms with van der Waals surface area (Å²) in [4.78, 5) is 11.9. The van der Waals surface area contributed by atoms with Crippen LogP contribution in [-0.4, -0.2) is 44.4 Å². The van der Waals surface area contributed by atoms with E-state index < -0.39 is 21.3 Å². The molecule has 1 fully saturated rings. The molecule has 0 bridgehead atoms. The Labute approximate surface area is 123 Å². The van der Waals surface area contributed by atoms with Gasteiger partial charge in [0.25, 0.3) is 0 Å². The highest BCUT2D eigenvalue weighted by Gasteiger charge is 2.37. The molecule has 1 N–H and O–H groups in total. The lowest BCUT2D eigenvalue weighted by Gasteiger charge is -2.14. The Kier molecular flexibility index (Phi) is 4.55. The van der Waals surface area contributed by atoms with Gasteiger partial charge in [0.1, 0.15) is 5.75 Å². The molecular weight excluding hydrogens is 302 g/mol. The predicted molar refractivity (Wildman–Crippen MR) is 76.9 cm³/mol. The van der Waals surface area contributed by atoms with Crippen LogP contribution < -0.4 is 10.1 Å². The Bertz CT molecular complexity index is 585. The number of halogens is 1. The zero-order valence-corrected chi connectivity index (χ0v) is 12.6. The van der Waals surface area contributed by atoms with E-state index in [1.54, 1.807) is 31.4 Å². The van der Waals surface area contributed by atoms with Gasteiger partial charge >= 0.3 is 0 Å². The summed E-state index contributed by atoms with van der Waals surface area (Å²) >= 11 is 5.94. The van der Waals surface area contributed by atoms with Crippen molar-refractivity contribution in [2.75, 3.05) is 18.6 Å². The summed E-state index contributed by atoms with van der Waals surface area (Å²) in [5.41, 5.74) is 0.829. The number of methoxy groups -OCH3 is 1. The van der Waals surface area contributed by atoms with Gasteiger partial charge in [0.15, 0.2) is 9.84 Å². The Morgan fingerprint density at radius 1 is 1.35 bits per heavy atom. The summed E-state index contributed by atoms with van der Waals surface area (Å²) in [7, 11) is -1.56. The maximum Gasteiger partial charge on any atom is 0.224 e. The molecule has 1 aliphatic heterocycles. The van der Waals surface area contributed by atoms with Gasteiger partial charge in [-0.1, -0.05) is 12.1 Å². The average Bonchev–Trinajstić information content (AvgIpc) is 2.63. The van der Waals surface area contributed by atoms with Gasteiger partial charge in [-0.2, -0.15) is 0 Å². The molecule has 20 heavy (non-hydrogen) atoms. The zero-order chi connectivity index (χ0) is 14.8. The lowest BCUT2D eigenvalue weighted by molar-refractivity contribution is -0.120. The van der Waals surface area contributed by atoms with Crippen LogP contribution in [0.15, 0.2) is 24.3 Å². The third-order valence-electron chi connectivity index (χ3n) is 3.15. The highest BCUT2D eigenvalue weighted by atomic mass is 35.5. The summed E-state index contributed by atoms with van der Waals surface area (Å²) in [5.74, 6) is 0.317. The molecule has 7 heteroatoms. The fraction of sp³-hybridized carbons (Fsp3) is 0.462. The highest BCUT2D eigenvalue weighted by Crippen LogP contribution is 2.18. The van der Waals surface area contributed by atoms with Crippen molar-refractivity contribution in [3.05, 3.63) is 29.8 Å². The van der Waals surface area contributed by atoms with Crippen LogP contribution in [0.3, 0.4) is 0 Å². The number of alkyl halides is 1. The molecule has 0 saturated carbocycles. The smallest absolute Gasteiger partial charge is 0.224 e. The number of carbonyl (C=O) groups is 1. The van der Waals surface area contributed by atoms with E-state index in [1.165, 1.54) is 0 Å². The number of rotatable bonds is 4. The minimum atomic E-state index is -3.14. The Morgan fingerprint density at radius 2 is 2.00 bits per heavy atom. The number of benzene rings is 1. The Balaban J connectivity index is 1.92. The molecular formula is C13H16ClNO4S. The van der Waals surface area contributed by atoms with Crippen molar-refractivity contribution in [2.24, 2.45) is 0 Å². The first-order chi connectivity index (χ1) is 9.39. The fourth-order valence-corrected chi connectivity index (χ4v) is 4.67. The minimum absolute atomic E-state index is 0.0813. The van der Waals surface area contributed by atoms with E-state index in [2.05, 4.69) is 5.32 Å². The van der Waals surface area contributed by atoms with E-state index in [1.807, 2.05) is 0 Å². The summed E-state index contributed by atoms with van der Waals surface area (Å²) in [6.45, 7) is 0. The second-order valence-electron chi connectivity index (χ2n) is 4.79. The molecule has 1 aromatic carbocycles. The molecule has 1 saturated heterocycles. The van der Waals surface area contributed by atoms with Crippen molar-refractivity contribution < 1.29 is 17.9 Å². The molecule has 1 aliphatic rings. The Hall–Kier alpha value is -1.27. The van der Waals surface area contributed by atoms with E-state index in [0.717, 1.165) is 11.3 Å². The number of amides is 1. The van der Waals surface area contributed by atoms with Crippen LogP contribution in [-0.2, 0) is 21.1 Å². The molecule has 5 nitrogen and oxygen atoms in total. The molecule has 1 aromatic rings.